The normalized spacial score (nSPS) is 21.0. The third-order valence-electron chi connectivity index (χ3n) is 3.60. The molecule has 3 N–H and O–H groups in total. The van der Waals surface area contributed by atoms with E-state index in [1.165, 1.54) is 12.1 Å². The summed E-state index contributed by atoms with van der Waals surface area (Å²) in [6.45, 7) is 0.749. The molecule has 1 aliphatic rings. The molecule has 0 radical (unpaired) electrons. The quantitative estimate of drug-likeness (QED) is 0.761. The van der Waals surface area contributed by atoms with E-state index in [-0.39, 0.29) is 17.8 Å². The van der Waals surface area contributed by atoms with Crippen molar-refractivity contribution in [2.45, 2.75) is 25.1 Å². The SMILES string of the molecule is O=C(NCc1ccn(-c2ccc(F)cc2)n1)[C@H]1C[C@@H](O)CN1. The van der Waals surface area contributed by atoms with Gasteiger partial charge < -0.3 is 15.7 Å². The maximum Gasteiger partial charge on any atom is 0.237 e. The van der Waals surface area contributed by atoms with Crippen LogP contribution in [0.15, 0.2) is 36.5 Å². The molecule has 1 aliphatic heterocycles. The van der Waals surface area contributed by atoms with Crippen LogP contribution in [0.4, 0.5) is 4.39 Å². The fourth-order valence-electron chi connectivity index (χ4n) is 2.41. The first-order chi connectivity index (χ1) is 10.6. The molecule has 1 aromatic heterocycles. The maximum absolute atomic E-state index is 12.9. The van der Waals surface area contributed by atoms with Crippen LogP contribution in [0.3, 0.4) is 0 Å². The van der Waals surface area contributed by atoms with E-state index in [1.807, 2.05) is 0 Å². The summed E-state index contributed by atoms with van der Waals surface area (Å²) in [7, 11) is 0. The smallest absolute Gasteiger partial charge is 0.237 e. The number of β-amino-alcohol motifs (C(OH)–C–C–N with tert-alkyl or cyclic N) is 1. The molecule has 2 heterocycles. The Morgan fingerprint density at radius 1 is 1.41 bits per heavy atom. The van der Waals surface area contributed by atoms with E-state index < -0.39 is 6.10 Å². The number of benzene rings is 1. The predicted octanol–water partition coefficient (Wildman–Crippen LogP) is 0.350. The van der Waals surface area contributed by atoms with Gasteiger partial charge in [0.15, 0.2) is 0 Å². The number of hydrogen-bond donors (Lipinski definition) is 3. The second-order valence-electron chi connectivity index (χ2n) is 5.30. The third kappa shape index (κ3) is 3.32. The van der Waals surface area contributed by atoms with E-state index in [1.54, 1.807) is 29.1 Å². The summed E-state index contributed by atoms with van der Waals surface area (Å²) in [5.41, 5.74) is 1.45. The summed E-state index contributed by atoms with van der Waals surface area (Å²) in [5, 5.41) is 19.5. The van der Waals surface area contributed by atoms with Crippen LogP contribution in [-0.2, 0) is 11.3 Å². The Hall–Kier alpha value is -2.25. The van der Waals surface area contributed by atoms with Crippen molar-refractivity contribution < 1.29 is 14.3 Å². The number of nitrogens with one attached hydrogen (secondary N) is 2. The van der Waals surface area contributed by atoms with Crippen molar-refractivity contribution in [3.63, 3.8) is 0 Å². The summed E-state index contributed by atoms with van der Waals surface area (Å²) in [6.07, 6.45) is 1.72. The molecule has 0 bridgehead atoms. The lowest BCUT2D eigenvalue weighted by Gasteiger charge is -2.09. The second kappa shape index (κ2) is 6.25. The number of rotatable bonds is 4. The molecule has 0 aliphatic carbocycles. The highest BCUT2D eigenvalue weighted by Gasteiger charge is 2.27. The number of nitrogens with zero attached hydrogens (tertiary/aromatic N) is 2. The summed E-state index contributed by atoms with van der Waals surface area (Å²) >= 11 is 0. The number of aliphatic hydroxyl groups is 1. The van der Waals surface area contributed by atoms with Gasteiger partial charge >= 0.3 is 0 Å². The lowest BCUT2D eigenvalue weighted by atomic mass is 10.2. The molecule has 0 unspecified atom stereocenters. The minimum Gasteiger partial charge on any atom is -0.392 e. The van der Waals surface area contributed by atoms with E-state index >= 15 is 0 Å². The van der Waals surface area contributed by atoms with Crippen LogP contribution in [0, 0.1) is 5.82 Å². The molecule has 3 rings (SSSR count). The lowest BCUT2D eigenvalue weighted by molar-refractivity contribution is -0.123. The van der Waals surface area contributed by atoms with E-state index in [9.17, 15) is 14.3 Å². The molecular weight excluding hydrogens is 287 g/mol. The number of aliphatic hydroxyl groups excluding tert-OH is 1. The number of carbonyl (C=O) groups excluding carboxylic acids is 1. The van der Waals surface area contributed by atoms with Gasteiger partial charge in [-0.2, -0.15) is 5.10 Å². The van der Waals surface area contributed by atoms with Gasteiger partial charge in [0.1, 0.15) is 5.82 Å². The predicted molar refractivity (Wildman–Crippen MR) is 77.8 cm³/mol. The Morgan fingerprint density at radius 2 is 2.18 bits per heavy atom. The van der Waals surface area contributed by atoms with Crippen molar-refractivity contribution in [1.29, 1.82) is 0 Å². The van der Waals surface area contributed by atoms with Crippen molar-refractivity contribution >= 4 is 5.91 Å². The van der Waals surface area contributed by atoms with Crippen molar-refractivity contribution in [3.8, 4) is 5.69 Å². The zero-order valence-corrected chi connectivity index (χ0v) is 11.9. The first-order valence-electron chi connectivity index (χ1n) is 7.11. The summed E-state index contributed by atoms with van der Waals surface area (Å²) < 4.78 is 14.5. The fraction of sp³-hybridized carbons (Fsp3) is 0.333. The first-order valence-corrected chi connectivity index (χ1v) is 7.11. The summed E-state index contributed by atoms with van der Waals surface area (Å²) in [4.78, 5) is 11.9. The van der Waals surface area contributed by atoms with E-state index in [4.69, 9.17) is 0 Å². The number of amides is 1. The van der Waals surface area contributed by atoms with Crippen molar-refractivity contribution in [2.75, 3.05) is 6.54 Å². The number of hydrogen-bond acceptors (Lipinski definition) is 4. The minimum atomic E-state index is -0.464. The van der Waals surface area contributed by atoms with Crippen LogP contribution in [0.25, 0.3) is 5.69 Å². The van der Waals surface area contributed by atoms with Crippen LogP contribution >= 0.6 is 0 Å². The van der Waals surface area contributed by atoms with Gasteiger partial charge in [0, 0.05) is 12.7 Å². The second-order valence-corrected chi connectivity index (χ2v) is 5.30. The first kappa shape index (κ1) is 14.7. The lowest BCUT2D eigenvalue weighted by Crippen LogP contribution is -2.40. The van der Waals surface area contributed by atoms with Gasteiger partial charge in [-0.25, -0.2) is 9.07 Å². The minimum absolute atomic E-state index is 0.145. The summed E-state index contributed by atoms with van der Waals surface area (Å²) in [5.74, 6) is -0.442. The highest BCUT2D eigenvalue weighted by atomic mass is 19.1. The maximum atomic E-state index is 12.9. The highest BCUT2D eigenvalue weighted by Crippen LogP contribution is 2.09. The average molecular weight is 304 g/mol. The zero-order valence-electron chi connectivity index (χ0n) is 11.9. The van der Waals surface area contributed by atoms with Gasteiger partial charge in [0.05, 0.1) is 30.1 Å². The Labute approximate surface area is 127 Å². The topological polar surface area (TPSA) is 79.2 Å². The number of aromatic nitrogens is 2. The standard InChI is InChI=1S/C15H17FN4O2/c16-10-1-3-12(4-2-10)20-6-5-11(19-20)8-18-15(22)14-7-13(21)9-17-14/h1-6,13-14,17,21H,7-9H2,(H,18,22)/t13-,14-/m1/s1. The molecule has 1 saturated heterocycles. The van der Waals surface area contributed by atoms with Gasteiger partial charge in [-0.15, -0.1) is 0 Å². The molecule has 0 spiro atoms. The van der Waals surface area contributed by atoms with Crippen molar-refractivity contribution in [2.24, 2.45) is 0 Å². The molecule has 0 saturated carbocycles. The van der Waals surface area contributed by atoms with E-state index in [0.717, 1.165) is 5.69 Å². The molecule has 116 valence electrons. The van der Waals surface area contributed by atoms with Crippen LogP contribution in [0.5, 0.6) is 0 Å². The molecule has 1 amide bonds. The molecule has 1 aromatic carbocycles. The van der Waals surface area contributed by atoms with Crippen LogP contribution in [0.2, 0.25) is 0 Å². The van der Waals surface area contributed by atoms with Gasteiger partial charge in [0.2, 0.25) is 5.91 Å². The monoisotopic (exact) mass is 304 g/mol. The molecular formula is C15H17FN4O2. The van der Waals surface area contributed by atoms with Gasteiger partial charge in [-0.3, -0.25) is 4.79 Å². The number of halogens is 1. The highest BCUT2D eigenvalue weighted by molar-refractivity contribution is 5.82. The van der Waals surface area contributed by atoms with E-state index in [2.05, 4.69) is 15.7 Å². The van der Waals surface area contributed by atoms with Gasteiger partial charge in [-0.1, -0.05) is 0 Å². The van der Waals surface area contributed by atoms with Crippen LogP contribution in [0.1, 0.15) is 12.1 Å². The largest absolute Gasteiger partial charge is 0.392 e. The summed E-state index contributed by atoms with van der Waals surface area (Å²) in [6, 6.07) is 7.45. The molecule has 2 aromatic rings. The average Bonchev–Trinajstić information content (AvgIpc) is 3.15. The van der Waals surface area contributed by atoms with Crippen molar-refractivity contribution in [1.82, 2.24) is 20.4 Å². The fourth-order valence-corrected chi connectivity index (χ4v) is 2.41. The van der Waals surface area contributed by atoms with Crippen LogP contribution in [-0.4, -0.2) is 39.5 Å². The zero-order chi connectivity index (χ0) is 15.5. The Bertz CT molecular complexity index is 656. The number of carbonyl (C=O) groups is 1. The molecule has 22 heavy (non-hydrogen) atoms. The Kier molecular flexibility index (Phi) is 4.17. The molecule has 2 atom stereocenters. The van der Waals surface area contributed by atoms with Crippen molar-refractivity contribution in [3.05, 3.63) is 48.0 Å². The van der Waals surface area contributed by atoms with E-state index in [0.29, 0.717) is 25.2 Å². The molecule has 1 fully saturated rings. The Morgan fingerprint density at radius 3 is 2.86 bits per heavy atom. The van der Waals surface area contributed by atoms with Gasteiger partial charge in [0.25, 0.3) is 0 Å². The molecule has 7 heteroatoms. The molecule has 6 nitrogen and oxygen atoms in total. The third-order valence-corrected chi connectivity index (χ3v) is 3.60. The van der Waals surface area contributed by atoms with Crippen LogP contribution < -0.4 is 10.6 Å². The Balaban J connectivity index is 1.58. The van der Waals surface area contributed by atoms with Gasteiger partial charge in [-0.05, 0) is 36.8 Å².